The van der Waals surface area contributed by atoms with Crippen molar-refractivity contribution in [1.29, 1.82) is 0 Å². The van der Waals surface area contributed by atoms with Crippen molar-refractivity contribution in [2.45, 2.75) is 12.8 Å². The summed E-state index contributed by atoms with van der Waals surface area (Å²) in [6.07, 6.45) is 0.619. The molecule has 1 aromatic rings. The highest BCUT2D eigenvalue weighted by atomic mass is 16.5. The zero-order valence-corrected chi connectivity index (χ0v) is 8.78. The molecule has 1 rings (SSSR count). The van der Waals surface area contributed by atoms with Crippen LogP contribution in [-0.2, 0) is 16.0 Å². The second-order valence-electron chi connectivity index (χ2n) is 3.29. The molecule has 0 amide bonds. The van der Waals surface area contributed by atoms with Crippen LogP contribution >= 0.6 is 0 Å². The van der Waals surface area contributed by atoms with Crippen LogP contribution in [0.3, 0.4) is 0 Å². The molecule has 0 spiro atoms. The molecule has 0 saturated carbocycles. The van der Waals surface area contributed by atoms with E-state index >= 15 is 0 Å². The maximum absolute atomic E-state index is 10.9. The minimum absolute atomic E-state index is 0.0407. The van der Waals surface area contributed by atoms with Gasteiger partial charge in [0, 0.05) is 6.42 Å². The van der Waals surface area contributed by atoms with Gasteiger partial charge in [-0.1, -0.05) is 6.07 Å². The van der Waals surface area contributed by atoms with Gasteiger partial charge in [-0.2, -0.15) is 0 Å². The Balaban J connectivity index is 2.78. The van der Waals surface area contributed by atoms with Gasteiger partial charge in [0.25, 0.3) is 0 Å². The highest BCUT2D eigenvalue weighted by Crippen LogP contribution is 2.20. The molecule has 0 bridgehead atoms. The number of carbonyl (C=O) groups excluding carboxylic acids is 1. The molecular weight excluding hydrogens is 195 g/mol. The zero-order valence-electron chi connectivity index (χ0n) is 8.78. The third-order valence-electron chi connectivity index (χ3n) is 2.31. The quantitative estimate of drug-likeness (QED) is 0.517. The lowest BCUT2D eigenvalue weighted by Gasteiger charge is -2.08. The largest absolute Gasteiger partial charge is 0.508 e. The van der Waals surface area contributed by atoms with E-state index in [0.29, 0.717) is 17.4 Å². The SMILES string of the molecule is Bc1c(O)ccc(CCC(=O)OC)c1O. The van der Waals surface area contributed by atoms with Crippen LogP contribution in [0.4, 0.5) is 0 Å². The second kappa shape index (κ2) is 4.73. The lowest BCUT2D eigenvalue weighted by Crippen LogP contribution is -2.08. The van der Waals surface area contributed by atoms with Crippen LogP contribution in [0.15, 0.2) is 12.1 Å². The van der Waals surface area contributed by atoms with Crippen LogP contribution < -0.4 is 5.46 Å². The monoisotopic (exact) mass is 208 g/mol. The number of carbonyl (C=O) groups is 1. The first-order valence-corrected chi connectivity index (χ1v) is 4.63. The van der Waals surface area contributed by atoms with E-state index in [1.807, 2.05) is 0 Å². The number of methoxy groups -OCH3 is 1. The van der Waals surface area contributed by atoms with E-state index in [4.69, 9.17) is 0 Å². The number of phenols is 2. The Morgan fingerprint density at radius 2 is 2.13 bits per heavy atom. The molecule has 0 aliphatic carbocycles. The Hall–Kier alpha value is -1.65. The van der Waals surface area contributed by atoms with Gasteiger partial charge >= 0.3 is 5.97 Å². The summed E-state index contributed by atoms with van der Waals surface area (Å²) in [4.78, 5) is 10.9. The normalized spacial score (nSPS) is 9.93. The fraction of sp³-hybridized carbons (Fsp3) is 0.300. The number of hydrogen-bond donors (Lipinski definition) is 2. The van der Waals surface area contributed by atoms with E-state index in [1.165, 1.54) is 13.2 Å². The van der Waals surface area contributed by atoms with Crippen molar-refractivity contribution in [3.05, 3.63) is 17.7 Å². The molecule has 0 fully saturated rings. The van der Waals surface area contributed by atoms with Crippen molar-refractivity contribution >= 4 is 19.3 Å². The smallest absolute Gasteiger partial charge is 0.305 e. The highest BCUT2D eigenvalue weighted by molar-refractivity contribution is 6.36. The lowest BCUT2D eigenvalue weighted by atomic mass is 9.90. The average molecular weight is 208 g/mol. The van der Waals surface area contributed by atoms with Gasteiger partial charge in [-0.15, -0.1) is 0 Å². The van der Waals surface area contributed by atoms with Crippen LogP contribution in [-0.4, -0.2) is 31.1 Å². The maximum Gasteiger partial charge on any atom is 0.305 e. The minimum Gasteiger partial charge on any atom is -0.508 e. The number of aryl methyl sites for hydroxylation is 1. The molecule has 80 valence electrons. The summed E-state index contributed by atoms with van der Waals surface area (Å²) in [7, 11) is 2.94. The van der Waals surface area contributed by atoms with Crippen molar-refractivity contribution < 1.29 is 19.7 Å². The fourth-order valence-corrected chi connectivity index (χ4v) is 1.29. The number of esters is 1. The third kappa shape index (κ3) is 2.65. The Morgan fingerprint density at radius 3 is 2.73 bits per heavy atom. The number of benzene rings is 1. The van der Waals surface area contributed by atoms with Gasteiger partial charge in [-0.25, -0.2) is 0 Å². The van der Waals surface area contributed by atoms with Gasteiger partial charge in [-0.3, -0.25) is 4.79 Å². The Kier molecular flexibility index (Phi) is 3.60. The Labute approximate surface area is 88.9 Å². The topological polar surface area (TPSA) is 66.8 Å². The Morgan fingerprint density at radius 1 is 1.47 bits per heavy atom. The van der Waals surface area contributed by atoms with E-state index in [0.717, 1.165) is 0 Å². The summed E-state index contributed by atoms with van der Waals surface area (Å²) in [5.74, 6) is -0.228. The molecule has 0 atom stereocenters. The highest BCUT2D eigenvalue weighted by Gasteiger charge is 2.09. The van der Waals surface area contributed by atoms with Crippen LogP contribution in [0.25, 0.3) is 0 Å². The van der Waals surface area contributed by atoms with Crippen molar-refractivity contribution in [3.8, 4) is 11.5 Å². The molecule has 4 nitrogen and oxygen atoms in total. The van der Waals surface area contributed by atoms with Crippen LogP contribution in [0.2, 0.25) is 0 Å². The van der Waals surface area contributed by atoms with Crippen molar-refractivity contribution in [1.82, 2.24) is 0 Å². The summed E-state index contributed by atoms with van der Waals surface area (Å²) in [6, 6.07) is 3.10. The summed E-state index contributed by atoms with van der Waals surface area (Å²) in [6.45, 7) is 0. The van der Waals surface area contributed by atoms with Gasteiger partial charge in [0.2, 0.25) is 0 Å². The maximum atomic E-state index is 10.9. The van der Waals surface area contributed by atoms with Gasteiger partial charge in [0.1, 0.15) is 19.3 Å². The van der Waals surface area contributed by atoms with Crippen molar-refractivity contribution in [3.63, 3.8) is 0 Å². The molecule has 1 aromatic carbocycles. The van der Waals surface area contributed by atoms with E-state index in [2.05, 4.69) is 4.74 Å². The van der Waals surface area contributed by atoms with E-state index in [1.54, 1.807) is 13.9 Å². The fourth-order valence-electron chi connectivity index (χ4n) is 1.29. The second-order valence-corrected chi connectivity index (χ2v) is 3.29. The van der Waals surface area contributed by atoms with Crippen LogP contribution in [0.1, 0.15) is 12.0 Å². The molecule has 0 heterocycles. The summed E-state index contributed by atoms with van der Waals surface area (Å²) in [5, 5.41) is 18.9. The Bertz CT molecular complexity index is 376. The molecule has 2 N–H and O–H groups in total. The third-order valence-corrected chi connectivity index (χ3v) is 2.31. The van der Waals surface area contributed by atoms with E-state index < -0.39 is 0 Å². The molecule has 0 aliphatic heterocycles. The number of rotatable bonds is 3. The lowest BCUT2D eigenvalue weighted by molar-refractivity contribution is -0.140. The van der Waals surface area contributed by atoms with Gasteiger partial charge in [-0.05, 0) is 23.5 Å². The van der Waals surface area contributed by atoms with Gasteiger partial charge < -0.3 is 14.9 Å². The summed E-state index contributed by atoms with van der Waals surface area (Å²) in [5.41, 5.74) is 1.06. The van der Waals surface area contributed by atoms with Crippen LogP contribution in [0.5, 0.6) is 11.5 Å². The van der Waals surface area contributed by atoms with Gasteiger partial charge in [0.15, 0.2) is 0 Å². The standard InChI is InChI=1S/C10H13BO4/c1-15-8(13)5-3-6-2-4-7(12)9(11)10(6)14/h2,4,12,14H,3,5,11H2,1H3. The number of hydrogen-bond acceptors (Lipinski definition) is 4. The van der Waals surface area contributed by atoms with Crippen molar-refractivity contribution in [2.24, 2.45) is 0 Å². The predicted molar refractivity (Wildman–Crippen MR) is 58.3 cm³/mol. The van der Waals surface area contributed by atoms with E-state index in [-0.39, 0.29) is 23.9 Å². The molecule has 5 heteroatoms. The van der Waals surface area contributed by atoms with Gasteiger partial charge in [0.05, 0.1) is 7.11 Å². The summed E-state index contributed by atoms with van der Waals surface area (Å²) < 4.78 is 4.50. The number of aromatic hydroxyl groups is 2. The zero-order chi connectivity index (χ0) is 11.4. The minimum atomic E-state index is -0.319. The van der Waals surface area contributed by atoms with Crippen LogP contribution in [0, 0.1) is 0 Å². The number of ether oxygens (including phenoxy) is 1. The molecule has 15 heavy (non-hydrogen) atoms. The first-order chi connectivity index (χ1) is 7.06. The summed E-state index contributed by atoms with van der Waals surface area (Å²) >= 11 is 0. The molecule has 0 saturated heterocycles. The number of phenolic OH excluding ortho intramolecular Hbond substituents is 2. The van der Waals surface area contributed by atoms with E-state index in [9.17, 15) is 15.0 Å². The molecule has 0 unspecified atom stereocenters. The molecule has 0 aliphatic rings. The average Bonchev–Trinajstić information content (AvgIpc) is 2.24. The predicted octanol–water partition coefficient (Wildman–Crippen LogP) is -0.538. The molecular formula is C10H13BO4. The van der Waals surface area contributed by atoms with Crippen molar-refractivity contribution in [2.75, 3.05) is 7.11 Å². The first kappa shape index (κ1) is 11.4. The molecule has 0 aromatic heterocycles. The first-order valence-electron chi connectivity index (χ1n) is 4.63. The molecule has 0 radical (unpaired) electrons.